The molecule has 2 aromatic heterocycles. The molecule has 0 radical (unpaired) electrons. The Morgan fingerprint density at radius 2 is 2.03 bits per heavy atom. The van der Waals surface area contributed by atoms with Crippen LogP contribution in [0.2, 0.25) is 0 Å². The molecule has 3 aromatic rings. The number of anilines is 5. The first-order valence-corrected chi connectivity index (χ1v) is 9.77. The molecule has 0 unspecified atom stereocenters. The average Bonchev–Trinajstić information content (AvgIpc) is 2.81. The molecule has 0 spiro atoms. The maximum Gasteiger partial charge on any atom is 0.328 e. The summed E-state index contributed by atoms with van der Waals surface area (Å²) in [5.74, 6) is 1.59. The van der Waals surface area contributed by atoms with E-state index >= 15 is 0 Å². The summed E-state index contributed by atoms with van der Waals surface area (Å²) in [6, 6.07) is 12.2. The van der Waals surface area contributed by atoms with Crippen molar-refractivity contribution in [3.8, 4) is 5.75 Å². The van der Waals surface area contributed by atoms with Gasteiger partial charge in [0.2, 0.25) is 0 Å². The minimum absolute atomic E-state index is 0.287. The Bertz CT molecular complexity index is 1120. The molecule has 0 fully saturated rings. The lowest BCUT2D eigenvalue weighted by Gasteiger charge is -2.28. The van der Waals surface area contributed by atoms with Gasteiger partial charge in [0.05, 0.1) is 24.7 Å². The molecule has 4 rings (SSSR count). The zero-order valence-electron chi connectivity index (χ0n) is 17.0. The number of hydrogen-bond acceptors (Lipinski definition) is 7. The SMILES string of the molecule is COc1ccc(Nc2cc(NC(=O)N3CCCc4ccc(C=O)nc43)ncc2N)cc1. The number of fused-ring (bicyclic) bond motifs is 1. The smallest absolute Gasteiger partial charge is 0.328 e. The number of aldehydes is 1. The fourth-order valence-electron chi connectivity index (χ4n) is 3.37. The van der Waals surface area contributed by atoms with E-state index in [-0.39, 0.29) is 11.7 Å². The van der Waals surface area contributed by atoms with Crippen molar-refractivity contribution in [3.05, 3.63) is 59.9 Å². The van der Waals surface area contributed by atoms with Crippen LogP contribution in [0.15, 0.2) is 48.7 Å². The Kier molecular flexibility index (Phi) is 5.65. The van der Waals surface area contributed by atoms with Crippen LogP contribution in [0.4, 0.5) is 33.5 Å². The second kappa shape index (κ2) is 8.70. The molecule has 1 aromatic carbocycles. The quantitative estimate of drug-likeness (QED) is 0.541. The summed E-state index contributed by atoms with van der Waals surface area (Å²) >= 11 is 0. The van der Waals surface area contributed by atoms with Crippen LogP contribution in [0.1, 0.15) is 22.5 Å². The van der Waals surface area contributed by atoms with Gasteiger partial charge in [-0.1, -0.05) is 6.07 Å². The number of rotatable bonds is 5. The van der Waals surface area contributed by atoms with Crippen LogP contribution in [0, 0.1) is 0 Å². The molecule has 0 saturated heterocycles. The molecule has 2 amide bonds. The number of aryl methyl sites for hydroxylation is 1. The van der Waals surface area contributed by atoms with Gasteiger partial charge < -0.3 is 15.8 Å². The van der Waals surface area contributed by atoms with Gasteiger partial charge in [0.1, 0.15) is 23.1 Å². The Labute approximate surface area is 179 Å². The number of nitrogens with zero attached hydrogens (tertiary/aromatic N) is 3. The molecule has 1 aliphatic heterocycles. The fraction of sp³-hybridized carbons (Fsp3) is 0.182. The summed E-state index contributed by atoms with van der Waals surface area (Å²) in [5.41, 5.74) is 9.12. The van der Waals surface area contributed by atoms with Crippen molar-refractivity contribution in [1.82, 2.24) is 9.97 Å². The summed E-state index contributed by atoms with van der Waals surface area (Å²) in [6.45, 7) is 0.500. The third kappa shape index (κ3) is 4.40. The number of nitrogens with two attached hydrogens (primary N) is 1. The third-order valence-corrected chi connectivity index (χ3v) is 4.97. The largest absolute Gasteiger partial charge is 0.497 e. The molecule has 0 bridgehead atoms. The molecule has 1 aliphatic rings. The van der Waals surface area contributed by atoms with E-state index in [0.29, 0.717) is 35.8 Å². The standard InChI is InChI=1S/C22H22N6O3/c1-31-17-8-6-15(7-9-17)25-19-11-20(24-12-18(19)23)27-22(30)28-10-2-3-14-4-5-16(13-29)26-21(14)28/h4-9,11-13H,2-3,10,23H2,1H3,(H2,24,25,27,30). The number of aromatic nitrogens is 2. The van der Waals surface area contributed by atoms with Crippen LogP contribution in [0.5, 0.6) is 5.75 Å². The Morgan fingerprint density at radius 3 is 2.77 bits per heavy atom. The molecular weight excluding hydrogens is 396 g/mol. The van der Waals surface area contributed by atoms with E-state index in [2.05, 4.69) is 20.6 Å². The topological polar surface area (TPSA) is 122 Å². The average molecular weight is 418 g/mol. The van der Waals surface area contributed by atoms with Crippen molar-refractivity contribution in [2.75, 3.05) is 34.9 Å². The number of nitrogen functional groups attached to an aromatic ring is 1. The van der Waals surface area contributed by atoms with Gasteiger partial charge in [-0.25, -0.2) is 14.8 Å². The molecule has 3 heterocycles. The summed E-state index contributed by atoms with van der Waals surface area (Å²) in [5, 5.41) is 6.00. The highest BCUT2D eigenvalue weighted by Crippen LogP contribution is 2.28. The highest BCUT2D eigenvalue weighted by Gasteiger charge is 2.25. The second-order valence-electron chi connectivity index (χ2n) is 7.03. The van der Waals surface area contributed by atoms with E-state index in [1.165, 1.54) is 11.1 Å². The van der Waals surface area contributed by atoms with E-state index < -0.39 is 0 Å². The lowest BCUT2D eigenvalue weighted by atomic mass is 10.1. The van der Waals surface area contributed by atoms with E-state index in [1.54, 1.807) is 19.2 Å². The number of benzene rings is 1. The number of carbonyl (C=O) groups excluding carboxylic acids is 2. The summed E-state index contributed by atoms with van der Waals surface area (Å²) < 4.78 is 5.16. The first-order valence-electron chi connectivity index (χ1n) is 9.77. The van der Waals surface area contributed by atoms with E-state index in [4.69, 9.17) is 10.5 Å². The van der Waals surface area contributed by atoms with Gasteiger partial charge in [-0.15, -0.1) is 0 Å². The maximum atomic E-state index is 12.9. The predicted octanol–water partition coefficient (Wildman–Crippen LogP) is 3.61. The Morgan fingerprint density at radius 1 is 1.23 bits per heavy atom. The van der Waals surface area contributed by atoms with Crippen molar-refractivity contribution in [2.45, 2.75) is 12.8 Å². The number of urea groups is 1. The summed E-state index contributed by atoms with van der Waals surface area (Å²) in [4.78, 5) is 34.1. The highest BCUT2D eigenvalue weighted by atomic mass is 16.5. The van der Waals surface area contributed by atoms with Crippen LogP contribution in [-0.4, -0.2) is 35.9 Å². The first-order chi connectivity index (χ1) is 15.1. The Balaban J connectivity index is 1.53. The molecular formula is C22H22N6O3. The van der Waals surface area contributed by atoms with Gasteiger partial charge in [0, 0.05) is 18.3 Å². The second-order valence-corrected chi connectivity index (χ2v) is 7.03. The third-order valence-electron chi connectivity index (χ3n) is 4.97. The van der Waals surface area contributed by atoms with Crippen molar-refractivity contribution in [2.24, 2.45) is 0 Å². The van der Waals surface area contributed by atoms with E-state index in [9.17, 15) is 9.59 Å². The highest BCUT2D eigenvalue weighted by molar-refractivity contribution is 6.02. The monoisotopic (exact) mass is 418 g/mol. The van der Waals surface area contributed by atoms with Crippen molar-refractivity contribution < 1.29 is 14.3 Å². The van der Waals surface area contributed by atoms with Gasteiger partial charge in [-0.05, 0) is 48.7 Å². The van der Waals surface area contributed by atoms with Gasteiger partial charge in [-0.2, -0.15) is 0 Å². The minimum Gasteiger partial charge on any atom is -0.497 e. The molecule has 0 atom stereocenters. The Hall–Kier alpha value is -4.14. The minimum atomic E-state index is -0.371. The number of amides is 2. The molecule has 9 nitrogen and oxygen atoms in total. The summed E-state index contributed by atoms with van der Waals surface area (Å²) in [6.07, 6.45) is 3.77. The fourth-order valence-corrected chi connectivity index (χ4v) is 3.37. The lowest BCUT2D eigenvalue weighted by molar-refractivity contribution is 0.111. The van der Waals surface area contributed by atoms with Crippen LogP contribution < -0.4 is 26.0 Å². The van der Waals surface area contributed by atoms with Crippen molar-refractivity contribution in [1.29, 1.82) is 0 Å². The van der Waals surface area contributed by atoms with E-state index in [0.717, 1.165) is 29.8 Å². The molecule has 0 saturated carbocycles. The number of methoxy groups -OCH3 is 1. The molecule has 158 valence electrons. The molecule has 9 heteroatoms. The number of carbonyl (C=O) groups is 2. The van der Waals surface area contributed by atoms with Gasteiger partial charge in [0.15, 0.2) is 6.29 Å². The zero-order chi connectivity index (χ0) is 21.8. The van der Waals surface area contributed by atoms with Gasteiger partial charge in [-0.3, -0.25) is 15.0 Å². The van der Waals surface area contributed by atoms with Gasteiger partial charge in [0.25, 0.3) is 0 Å². The van der Waals surface area contributed by atoms with Crippen LogP contribution >= 0.6 is 0 Å². The molecule has 4 N–H and O–H groups in total. The van der Waals surface area contributed by atoms with Crippen LogP contribution in [0.3, 0.4) is 0 Å². The lowest BCUT2D eigenvalue weighted by Crippen LogP contribution is -2.39. The number of pyridine rings is 2. The molecule has 0 aliphatic carbocycles. The first kappa shape index (κ1) is 20.1. The van der Waals surface area contributed by atoms with Gasteiger partial charge >= 0.3 is 6.03 Å². The predicted molar refractivity (Wildman–Crippen MR) is 119 cm³/mol. The van der Waals surface area contributed by atoms with E-state index in [1.807, 2.05) is 30.3 Å². The van der Waals surface area contributed by atoms with Crippen molar-refractivity contribution >= 4 is 41.0 Å². The van der Waals surface area contributed by atoms with Crippen LogP contribution in [-0.2, 0) is 6.42 Å². The van der Waals surface area contributed by atoms with Crippen molar-refractivity contribution in [3.63, 3.8) is 0 Å². The summed E-state index contributed by atoms with van der Waals surface area (Å²) in [7, 11) is 1.61. The number of hydrogen-bond donors (Lipinski definition) is 3. The zero-order valence-corrected chi connectivity index (χ0v) is 17.0. The number of ether oxygens (including phenoxy) is 1. The number of nitrogens with one attached hydrogen (secondary N) is 2. The van der Waals surface area contributed by atoms with Crippen LogP contribution in [0.25, 0.3) is 0 Å². The molecule has 31 heavy (non-hydrogen) atoms. The maximum absolute atomic E-state index is 12.9. The normalized spacial score (nSPS) is 12.6.